The lowest BCUT2D eigenvalue weighted by molar-refractivity contribution is 0.00171. The van der Waals surface area contributed by atoms with Crippen LogP contribution in [0.3, 0.4) is 0 Å². The summed E-state index contributed by atoms with van der Waals surface area (Å²) in [5.74, 6) is 1.76. The quantitative estimate of drug-likeness (QED) is 0.122. The molecule has 53 heavy (non-hydrogen) atoms. The van der Waals surface area contributed by atoms with Crippen LogP contribution in [0, 0.1) is 11.8 Å². The van der Waals surface area contributed by atoms with Crippen LogP contribution in [0.15, 0.2) is 116 Å². The molecular weight excluding hydrogens is 670 g/mol. The van der Waals surface area contributed by atoms with E-state index in [2.05, 4.69) is 137 Å². The molecule has 6 heteroatoms. The predicted molar refractivity (Wildman–Crippen MR) is 223 cm³/mol. The molecule has 5 aromatic rings. The fourth-order valence-electron chi connectivity index (χ4n) is 8.38. The van der Waals surface area contributed by atoms with Crippen LogP contribution in [0.2, 0.25) is 0 Å². The number of ether oxygens (including phenoxy) is 1. The minimum Gasteiger partial charge on any atom is -0.497 e. The molecule has 1 N–H and O–H groups in total. The van der Waals surface area contributed by atoms with E-state index in [0.29, 0.717) is 11.8 Å². The average Bonchev–Trinajstić information content (AvgIpc) is 3.16. The van der Waals surface area contributed by atoms with Crippen molar-refractivity contribution in [3.8, 4) is 5.75 Å². The van der Waals surface area contributed by atoms with E-state index in [9.17, 15) is 0 Å². The van der Waals surface area contributed by atoms with Gasteiger partial charge in [0.15, 0.2) is 0 Å². The van der Waals surface area contributed by atoms with E-state index in [1.54, 1.807) is 7.11 Å². The summed E-state index contributed by atoms with van der Waals surface area (Å²) < 4.78 is 5.67. The molecule has 8 rings (SSSR count). The Bertz CT molecular complexity index is 2040. The van der Waals surface area contributed by atoms with E-state index in [4.69, 9.17) is 9.72 Å². The van der Waals surface area contributed by atoms with Gasteiger partial charge in [-0.15, -0.1) is 6.58 Å². The lowest BCUT2D eigenvalue weighted by Crippen LogP contribution is -2.57. The molecule has 0 saturated carbocycles. The van der Waals surface area contributed by atoms with Crippen LogP contribution in [-0.4, -0.2) is 42.0 Å². The van der Waals surface area contributed by atoms with Gasteiger partial charge in [0.2, 0.25) is 0 Å². The van der Waals surface area contributed by atoms with Crippen LogP contribution in [0.5, 0.6) is 5.75 Å². The fraction of sp³-hybridized carbons (Fsp3) is 0.362. The van der Waals surface area contributed by atoms with Crippen molar-refractivity contribution in [2.24, 2.45) is 11.8 Å². The highest BCUT2D eigenvalue weighted by atomic mass is 31.1. The first-order valence-corrected chi connectivity index (χ1v) is 20.4. The lowest BCUT2D eigenvalue weighted by atomic mass is 9.73. The fourth-order valence-corrected chi connectivity index (χ4v) is 10.8. The maximum atomic E-state index is 15.0. The smallest absolute Gasteiger partial charge is 0.252 e. The number of carbonyl (C=O) groups is 1. The summed E-state index contributed by atoms with van der Waals surface area (Å²) >= 11 is 0. The number of nitrogens with zero attached hydrogens (tertiary/aromatic N) is 2. The van der Waals surface area contributed by atoms with Crippen molar-refractivity contribution in [2.45, 2.75) is 77.3 Å². The molecule has 3 aliphatic rings. The van der Waals surface area contributed by atoms with Crippen LogP contribution in [0.25, 0.3) is 10.9 Å². The molecule has 3 fully saturated rings. The Labute approximate surface area is 317 Å². The lowest BCUT2D eigenvalue weighted by Gasteiger charge is -2.51. The summed E-state index contributed by atoms with van der Waals surface area (Å²) in [7, 11) is 0.648. The minimum absolute atomic E-state index is 0.0455. The summed E-state index contributed by atoms with van der Waals surface area (Å²) in [5.41, 5.74) is 5.37. The number of aromatic nitrogens is 1. The third kappa shape index (κ3) is 7.57. The van der Waals surface area contributed by atoms with Crippen LogP contribution in [0.4, 0.5) is 0 Å². The first-order chi connectivity index (χ1) is 25.4. The standard InChI is InChI=1S/C47H54N3O2P/c1-9-31-30-50-27-25-32(31)28-42(50)44(38-24-26-48-41-23-18-35(52-8)29-40(38)41)49-45(51)39-12-10-11-13-43(39)53(36-19-14-33(15-20-36)46(2,3)4)37-21-16-34(17-22-37)47(5,6)7/h9-24,26,29,31-32,42,44H,1,25,27-28,30H2,2-8H3,(H,49,51)/t31?,32?,42?,44-/m0/s1. The van der Waals surface area contributed by atoms with Crippen LogP contribution >= 0.6 is 7.92 Å². The van der Waals surface area contributed by atoms with Gasteiger partial charge in [0.25, 0.3) is 5.91 Å². The second-order valence-electron chi connectivity index (χ2n) is 16.9. The molecule has 0 spiro atoms. The highest BCUT2D eigenvalue weighted by Gasteiger charge is 2.43. The zero-order valence-corrected chi connectivity index (χ0v) is 33.3. The third-order valence-electron chi connectivity index (χ3n) is 11.5. The first-order valence-electron chi connectivity index (χ1n) is 19.1. The average molecular weight is 724 g/mol. The maximum Gasteiger partial charge on any atom is 0.252 e. The summed E-state index contributed by atoms with van der Waals surface area (Å²) in [6.45, 7) is 19.7. The van der Waals surface area contributed by atoms with Gasteiger partial charge in [0.05, 0.1) is 18.7 Å². The molecule has 5 nitrogen and oxygen atoms in total. The van der Waals surface area contributed by atoms with Crippen molar-refractivity contribution in [3.05, 3.63) is 138 Å². The number of hydrogen-bond acceptors (Lipinski definition) is 4. The van der Waals surface area contributed by atoms with E-state index in [0.717, 1.165) is 59.0 Å². The highest BCUT2D eigenvalue weighted by molar-refractivity contribution is 7.80. The maximum absolute atomic E-state index is 15.0. The molecule has 3 aliphatic heterocycles. The van der Waals surface area contributed by atoms with Crippen molar-refractivity contribution in [3.63, 3.8) is 0 Å². The second-order valence-corrected chi connectivity index (χ2v) is 19.1. The minimum atomic E-state index is -1.05. The number of pyridine rings is 1. The number of methoxy groups -OCH3 is 1. The number of piperidine rings is 3. The number of fused-ring (bicyclic) bond motifs is 4. The molecule has 1 aromatic heterocycles. The van der Waals surface area contributed by atoms with Gasteiger partial charge >= 0.3 is 0 Å². The Balaban J connectivity index is 1.33. The van der Waals surface area contributed by atoms with Crippen molar-refractivity contribution in [1.29, 1.82) is 0 Å². The van der Waals surface area contributed by atoms with Crippen LogP contribution < -0.4 is 26.0 Å². The SMILES string of the molecule is C=CC1CN2CCC1CC2[C@@H](NC(=O)c1ccccc1P(c1ccc(C(C)(C)C)cc1)c1ccc(C(C)(C)C)cc1)c1ccnc2ccc(OC)cc12. The molecule has 4 aromatic carbocycles. The molecule has 1 amide bonds. The topological polar surface area (TPSA) is 54.5 Å². The van der Waals surface area contributed by atoms with Gasteiger partial charge < -0.3 is 10.1 Å². The first kappa shape index (κ1) is 37.0. The number of rotatable bonds is 9. The largest absolute Gasteiger partial charge is 0.497 e. The van der Waals surface area contributed by atoms with E-state index in [1.807, 2.05) is 30.5 Å². The zero-order valence-electron chi connectivity index (χ0n) is 32.4. The number of benzene rings is 4. The van der Waals surface area contributed by atoms with Crippen molar-refractivity contribution in [2.75, 3.05) is 20.2 Å². The Morgan fingerprint density at radius 3 is 2.11 bits per heavy atom. The van der Waals surface area contributed by atoms with Gasteiger partial charge in [0.1, 0.15) is 5.75 Å². The summed E-state index contributed by atoms with van der Waals surface area (Å²) in [6, 6.07) is 34.4. The molecule has 0 aliphatic carbocycles. The molecular formula is C47H54N3O2P. The monoisotopic (exact) mass is 723 g/mol. The van der Waals surface area contributed by atoms with E-state index >= 15 is 4.79 Å². The van der Waals surface area contributed by atoms with Crippen LogP contribution in [0.1, 0.15) is 87.5 Å². The van der Waals surface area contributed by atoms with Gasteiger partial charge in [-0.25, -0.2) is 0 Å². The molecule has 3 saturated heterocycles. The Kier molecular flexibility index (Phi) is 10.4. The number of amides is 1. The number of nitrogens with one attached hydrogen (secondary N) is 1. The van der Waals surface area contributed by atoms with Crippen molar-refractivity contribution in [1.82, 2.24) is 15.2 Å². The predicted octanol–water partition coefficient (Wildman–Crippen LogP) is 8.96. The van der Waals surface area contributed by atoms with Gasteiger partial charge in [-0.3, -0.25) is 14.7 Å². The van der Waals surface area contributed by atoms with Gasteiger partial charge in [0, 0.05) is 29.7 Å². The van der Waals surface area contributed by atoms with Crippen molar-refractivity contribution >= 4 is 40.6 Å². The van der Waals surface area contributed by atoms with Crippen molar-refractivity contribution < 1.29 is 9.53 Å². The molecule has 0 radical (unpaired) electrons. The third-order valence-corrected chi connectivity index (χ3v) is 14.0. The molecule has 2 bridgehead atoms. The van der Waals surface area contributed by atoms with E-state index in [1.165, 1.54) is 21.7 Å². The number of carbonyl (C=O) groups excluding carboxylic acids is 1. The highest BCUT2D eigenvalue weighted by Crippen LogP contribution is 2.43. The Morgan fingerprint density at radius 1 is 0.906 bits per heavy atom. The van der Waals surface area contributed by atoms with Crippen LogP contribution in [-0.2, 0) is 10.8 Å². The summed E-state index contributed by atoms with van der Waals surface area (Å²) in [4.78, 5) is 22.3. The van der Waals surface area contributed by atoms with Gasteiger partial charge in [-0.1, -0.05) is 114 Å². The zero-order chi connectivity index (χ0) is 37.5. The molecule has 4 unspecified atom stereocenters. The molecule has 5 atom stereocenters. The second kappa shape index (κ2) is 14.8. The summed E-state index contributed by atoms with van der Waals surface area (Å²) in [6.07, 6.45) is 6.17. The van der Waals surface area contributed by atoms with Gasteiger partial charge in [-0.05, 0) is 113 Å². The Morgan fingerprint density at radius 2 is 1.55 bits per heavy atom. The molecule has 274 valence electrons. The van der Waals surface area contributed by atoms with E-state index in [-0.39, 0.29) is 28.8 Å². The van der Waals surface area contributed by atoms with Gasteiger partial charge in [-0.2, -0.15) is 0 Å². The molecule has 4 heterocycles. The normalized spacial score (nSPS) is 20.7. The van der Waals surface area contributed by atoms with E-state index < -0.39 is 7.92 Å². The Hall–Kier alpha value is -4.31. The summed E-state index contributed by atoms with van der Waals surface area (Å²) in [5, 5.41) is 8.18. The number of hydrogen-bond donors (Lipinski definition) is 1.